The average molecular weight is 300 g/mol. The molecule has 3 rings (SSSR count). The first-order valence-electron chi connectivity index (χ1n) is 7.40. The van der Waals surface area contributed by atoms with E-state index in [4.69, 9.17) is 5.73 Å². The fourth-order valence-electron chi connectivity index (χ4n) is 2.91. The highest BCUT2D eigenvalue weighted by molar-refractivity contribution is 7.10. The van der Waals surface area contributed by atoms with Crippen LogP contribution in [0.25, 0.3) is 0 Å². The van der Waals surface area contributed by atoms with Crippen molar-refractivity contribution in [2.45, 2.75) is 37.8 Å². The number of thiophene rings is 1. The molecule has 1 aromatic carbocycles. The Balaban J connectivity index is 1.61. The average Bonchev–Trinajstić information content (AvgIpc) is 2.97. The van der Waals surface area contributed by atoms with Crippen LogP contribution in [-0.2, 0) is 11.2 Å². The third-order valence-corrected chi connectivity index (χ3v) is 5.02. The quantitative estimate of drug-likeness (QED) is 0.910. The molecular weight excluding hydrogens is 280 g/mol. The zero-order valence-electron chi connectivity index (χ0n) is 11.9. The number of aryl methyl sites for hydroxylation is 1. The minimum atomic E-state index is -0.239. The molecule has 1 heterocycles. The van der Waals surface area contributed by atoms with E-state index in [0.717, 1.165) is 24.8 Å². The topological polar surface area (TPSA) is 55.1 Å². The van der Waals surface area contributed by atoms with Crippen LogP contribution in [0.4, 0.5) is 0 Å². The lowest BCUT2D eigenvalue weighted by Gasteiger charge is -2.24. The maximum Gasteiger partial charge on any atom is 0.222 e. The second-order valence-electron chi connectivity index (χ2n) is 5.53. The Morgan fingerprint density at radius 2 is 2.14 bits per heavy atom. The second-order valence-corrected chi connectivity index (χ2v) is 6.53. The molecule has 4 heteroatoms. The van der Waals surface area contributed by atoms with E-state index >= 15 is 0 Å². The van der Waals surface area contributed by atoms with E-state index in [1.54, 1.807) is 11.3 Å². The van der Waals surface area contributed by atoms with Crippen LogP contribution in [0, 0.1) is 0 Å². The van der Waals surface area contributed by atoms with Crippen LogP contribution < -0.4 is 11.1 Å². The molecule has 3 nitrogen and oxygen atoms in total. The Labute approximate surface area is 129 Å². The Bertz CT molecular complexity index is 608. The molecule has 2 atom stereocenters. The molecule has 3 N–H and O–H groups in total. The summed E-state index contributed by atoms with van der Waals surface area (Å²) in [6.07, 6.45) is 3.64. The first-order valence-corrected chi connectivity index (χ1v) is 8.28. The summed E-state index contributed by atoms with van der Waals surface area (Å²) < 4.78 is 0. The first kappa shape index (κ1) is 14.3. The zero-order valence-corrected chi connectivity index (χ0v) is 12.7. The van der Waals surface area contributed by atoms with Gasteiger partial charge in [0.1, 0.15) is 0 Å². The van der Waals surface area contributed by atoms with E-state index in [9.17, 15) is 4.79 Å². The van der Waals surface area contributed by atoms with Gasteiger partial charge >= 0.3 is 0 Å². The zero-order chi connectivity index (χ0) is 14.7. The molecule has 1 aliphatic rings. The highest BCUT2D eigenvalue weighted by Crippen LogP contribution is 2.33. The van der Waals surface area contributed by atoms with Gasteiger partial charge in [0.25, 0.3) is 0 Å². The number of hydrogen-bond acceptors (Lipinski definition) is 3. The normalized spacial score (nSPS) is 18.8. The minimum absolute atomic E-state index is 0.0374. The number of rotatable bonds is 4. The fraction of sp³-hybridized carbons (Fsp3) is 0.353. The van der Waals surface area contributed by atoms with Gasteiger partial charge in [-0.1, -0.05) is 30.3 Å². The van der Waals surface area contributed by atoms with Gasteiger partial charge < -0.3 is 11.1 Å². The smallest absolute Gasteiger partial charge is 0.222 e. The number of benzene rings is 1. The van der Waals surface area contributed by atoms with Crippen molar-refractivity contribution in [3.05, 3.63) is 57.8 Å². The molecule has 21 heavy (non-hydrogen) atoms. The summed E-state index contributed by atoms with van der Waals surface area (Å²) in [6.45, 7) is 0. The monoisotopic (exact) mass is 300 g/mol. The predicted molar refractivity (Wildman–Crippen MR) is 86.1 cm³/mol. The Kier molecular flexibility index (Phi) is 4.36. The highest BCUT2D eigenvalue weighted by Gasteiger charge is 2.23. The van der Waals surface area contributed by atoms with Gasteiger partial charge in [0.2, 0.25) is 5.91 Å². The number of fused-ring (bicyclic) bond motifs is 1. The van der Waals surface area contributed by atoms with Crippen molar-refractivity contribution in [2.75, 3.05) is 0 Å². The minimum Gasteiger partial charge on any atom is -0.349 e. The standard InChI is InChI=1S/C17H20N2OS/c18-14(12-5-2-1-3-6-12)11-17(20)19-15-7-4-8-16-13(15)9-10-21-16/h1-3,5-6,9-10,14-15H,4,7-8,11,18H2,(H,19,20). The van der Waals surface area contributed by atoms with Crippen molar-refractivity contribution >= 4 is 17.2 Å². The Morgan fingerprint density at radius 3 is 2.95 bits per heavy atom. The molecule has 2 unspecified atom stereocenters. The lowest BCUT2D eigenvalue weighted by molar-refractivity contribution is -0.122. The van der Waals surface area contributed by atoms with E-state index in [2.05, 4.69) is 16.8 Å². The molecule has 0 aliphatic heterocycles. The number of carbonyl (C=O) groups is 1. The van der Waals surface area contributed by atoms with Crippen molar-refractivity contribution in [2.24, 2.45) is 5.73 Å². The lowest BCUT2D eigenvalue weighted by atomic mass is 9.93. The van der Waals surface area contributed by atoms with Gasteiger partial charge in [0, 0.05) is 17.3 Å². The van der Waals surface area contributed by atoms with Crippen LogP contribution in [-0.4, -0.2) is 5.91 Å². The first-order chi connectivity index (χ1) is 10.2. The summed E-state index contributed by atoms with van der Waals surface area (Å²) in [6, 6.07) is 11.9. The Hall–Kier alpha value is -1.65. The van der Waals surface area contributed by atoms with Gasteiger partial charge in [-0.25, -0.2) is 0 Å². The second kappa shape index (κ2) is 6.41. The summed E-state index contributed by atoms with van der Waals surface area (Å²) in [5, 5.41) is 5.27. The van der Waals surface area contributed by atoms with Gasteiger partial charge in [-0.2, -0.15) is 0 Å². The highest BCUT2D eigenvalue weighted by atomic mass is 32.1. The van der Waals surface area contributed by atoms with Gasteiger partial charge in [-0.05, 0) is 41.8 Å². The molecule has 1 aromatic heterocycles. The van der Waals surface area contributed by atoms with Crippen molar-refractivity contribution in [3.8, 4) is 0 Å². The molecule has 0 radical (unpaired) electrons. The van der Waals surface area contributed by atoms with Crippen LogP contribution in [0.5, 0.6) is 0 Å². The molecule has 1 amide bonds. The van der Waals surface area contributed by atoms with Gasteiger partial charge in [0.05, 0.1) is 6.04 Å². The lowest BCUT2D eigenvalue weighted by Crippen LogP contribution is -2.32. The van der Waals surface area contributed by atoms with E-state index < -0.39 is 0 Å². The van der Waals surface area contributed by atoms with E-state index in [1.807, 2.05) is 30.3 Å². The number of nitrogens with two attached hydrogens (primary N) is 1. The van der Waals surface area contributed by atoms with Gasteiger partial charge in [-0.15, -0.1) is 11.3 Å². The summed E-state index contributed by atoms with van der Waals surface area (Å²) in [5.74, 6) is 0.0374. The maximum absolute atomic E-state index is 12.2. The molecule has 0 saturated heterocycles. The van der Waals surface area contributed by atoms with Crippen LogP contribution in [0.3, 0.4) is 0 Å². The maximum atomic E-state index is 12.2. The number of amides is 1. The molecular formula is C17H20N2OS. The largest absolute Gasteiger partial charge is 0.349 e. The van der Waals surface area contributed by atoms with Crippen molar-refractivity contribution in [1.82, 2.24) is 5.32 Å². The number of hydrogen-bond donors (Lipinski definition) is 2. The van der Waals surface area contributed by atoms with Gasteiger partial charge in [0.15, 0.2) is 0 Å². The summed E-state index contributed by atoms with van der Waals surface area (Å²) in [7, 11) is 0. The van der Waals surface area contributed by atoms with E-state index in [0.29, 0.717) is 6.42 Å². The summed E-state index contributed by atoms with van der Waals surface area (Å²) in [5.41, 5.74) is 8.42. The molecule has 2 aromatic rings. The predicted octanol–water partition coefficient (Wildman–Crippen LogP) is 3.33. The van der Waals surface area contributed by atoms with Gasteiger partial charge in [-0.3, -0.25) is 4.79 Å². The van der Waals surface area contributed by atoms with Crippen molar-refractivity contribution in [3.63, 3.8) is 0 Å². The number of nitrogens with one attached hydrogen (secondary N) is 1. The fourth-order valence-corrected chi connectivity index (χ4v) is 3.89. The third-order valence-electron chi connectivity index (χ3n) is 4.02. The molecule has 1 aliphatic carbocycles. The van der Waals surface area contributed by atoms with E-state index in [1.165, 1.54) is 10.4 Å². The van der Waals surface area contributed by atoms with Crippen molar-refractivity contribution in [1.29, 1.82) is 0 Å². The summed E-state index contributed by atoms with van der Waals surface area (Å²) >= 11 is 1.79. The summed E-state index contributed by atoms with van der Waals surface area (Å²) in [4.78, 5) is 13.7. The van der Waals surface area contributed by atoms with Crippen LogP contribution in [0.15, 0.2) is 41.8 Å². The third kappa shape index (κ3) is 3.34. The Morgan fingerprint density at radius 1 is 1.33 bits per heavy atom. The van der Waals surface area contributed by atoms with Crippen molar-refractivity contribution < 1.29 is 4.79 Å². The molecule has 0 saturated carbocycles. The molecule has 110 valence electrons. The molecule has 0 fully saturated rings. The van der Waals surface area contributed by atoms with Crippen LogP contribution in [0.2, 0.25) is 0 Å². The molecule has 0 bridgehead atoms. The number of carbonyl (C=O) groups excluding carboxylic acids is 1. The van der Waals surface area contributed by atoms with E-state index in [-0.39, 0.29) is 18.0 Å². The van der Waals surface area contributed by atoms with Crippen LogP contribution >= 0.6 is 11.3 Å². The SMILES string of the molecule is NC(CC(=O)NC1CCCc2sccc21)c1ccccc1. The van der Waals surface area contributed by atoms with Crippen LogP contribution in [0.1, 0.15) is 47.4 Å². The molecule has 0 spiro atoms.